The zero-order chi connectivity index (χ0) is 20.8. The molecule has 5 nitrogen and oxygen atoms in total. The summed E-state index contributed by atoms with van der Waals surface area (Å²) < 4.78 is 4.53. The molecule has 2 aromatic carbocycles. The molecule has 0 spiro atoms. The standard InChI is InChI=1S/C23H25ClN4OS/c24-20-8-6-18(7-9-20)14-21-26-23(30-27-21)28-12-10-19(11-13-28)16-25-22(29)15-17-4-2-1-3-5-17/h1-9,19H,10-16H2,(H,25,29). The van der Waals surface area contributed by atoms with Gasteiger partial charge in [-0.2, -0.15) is 4.37 Å². The van der Waals surface area contributed by atoms with Crippen molar-refractivity contribution in [1.29, 1.82) is 0 Å². The number of piperidine rings is 1. The van der Waals surface area contributed by atoms with Crippen molar-refractivity contribution in [2.24, 2.45) is 5.92 Å². The van der Waals surface area contributed by atoms with Gasteiger partial charge in [0.15, 0.2) is 0 Å². The van der Waals surface area contributed by atoms with Gasteiger partial charge in [-0.25, -0.2) is 4.98 Å². The molecule has 0 aliphatic carbocycles. The van der Waals surface area contributed by atoms with Gasteiger partial charge in [-0.3, -0.25) is 4.79 Å². The highest BCUT2D eigenvalue weighted by molar-refractivity contribution is 7.09. The lowest BCUT2D eigenvalue weighted by Gasteiger charge is -2.31. The molecule has 2 heterocycles. The Hall–Kier alpha value is -2.44. The van der Waals surface area contributed by atoms with Crippen LogP contribution < -0.4 is 10.2 Å². The fraction of sp³-hybridized carbons (Fsp3) is 0.348. The highest BCUT2D eigenvalue weighted by atomic mass is 35.5. The van der Waals surface area contributed by atoms with Crippen molar-refractivity contribution >= 4 is 34.2 Å². The van der Waals surface area contributed by atoms with E-state index >= 15 is 0 Å². The maximum absolute atomic E-state index is 12.2. The predicted octanol–water partition coefficient (Wildman–Crippen LogP) is 4.36. The first kappa shape index (κ1) is 20.8. The summed E-state index contributed by atoms with van der Waals surface area (Å²) in [7, 11) is 0. The van der Waals surface area contributed by atoms with Crippen LogP contribution in [-0.4, -0.2) is 34.9 Å². The lowest BCUT2D eigenvalue weighted by molar-refractivity contribution is -0.120. The van der Waals surface area contributed by atoms with Gasteiger partial charge in [0.1, 0.15) is 5.82 Å². The van der Waals surface area contributed by atoms with Crippen LogP contribution in [-0.2, 0) is 17.6 Å². The third-order valence-electron chi connectivity index (χ3n) is 5.41. The van der Waals surface area contributed by atoms with Crippen LogP contribution in [0.3, 0.4) is 0 Å². The molecule has 1 aliphatic rings. The van der Waals surface area contributed by atoms with Crippen LogP contribution in [0.15, 0.2) is 54.6 Å². The summed E-state index contributed by atoms with van der Waals surface area (Å²) in [5.74, 6) is 1.47. The summed E-state index contributed by atoms with van der Waals surface area (Å²) in [5, 5.41) is 4.83. The highest BCUT2D eigenvalue weighted by Gasteiger charge is 2.22. The van der Waals surface area contributed by atoms with E-state index < -0.39 is 0 Å². The van der Waals surface area contributed by atoms with Gasteiger partial charge in [0, 0.05) is 42.6 Å². The maximum atomic E-state index is 12.2. The normalized spacial score (nSPS) is 14.6. The summed E-state index contributed by atoms with van der Waals surface area (Å²) in [4.78, 5) is 19.2. The Morgan fingerprint density at radius 3 is 2.53 bits per heavy atom. The number of nitrogens with one attached hydrogen (secondary N) is 1. The number of nitrogens with zero attached hydrogens (tertiary/aromatic N) is 3. The van der Waals surface area contributed by atoms with E-state index in [1.807, 2.05) is 54.6 Å². The second-order valence-electron chi connectivity index (χ2n) is 7.69. The number of hydrogen-bond donors (Lipinski definition) is 1. The Morgan fingerprint density at radius 2 is 1.80 bits per heavy atom. The summed E-state index contributed by atoms with van der Waals surface area (Å²) in [6, 6.07) is 17.7. The van der Waals surface area contributed by atoms with Gasteiger partial charge in [0.05, 0.1) is 6.42 Å². The van der Waals surface area contributed by atoms with Crippen LogP contribution in [0.25, 0.3) is 0 Å². The number of aromatic nitrogens is 2. The molecule has 1 aromatic heterocycles. The maximum Gasteiger partial charge on any atom is 0.224 e. The molecule has 0 unspecified atom stereocenters. The predicted molar refractivity (Wildman–Crippen MR) is 122 cm³/mol. The Morgan fingerprint density at radius 1 is 1.07 bits per heavy atom. The smallest absolute Gasteiger partial charge is 0.224 e. The minimum Gasteiger partial charge on any atom is -0.356 e. The first-order valence-corrected chi connectivity index (χ1v) is 11.4. The third kappa shape index (κ3) is 5.80. The second kappa shape index (κ2) is 10.0. The molecule has 1 saturated heterocycles. The Bertz CT molecular complexity index is 953. The molecular weight excluding hydrogens is 416 g/mol. The molecule has 4 rings (SSSR count). The average molecular weight is 441 g/mol. The zero-order valence-corrected chi connectivity index (χ0v) is 18.3. The van der Waals surface area contributed by atoms with Crippen molar-refractivity contribution in [2.75, 3.05) is 24.5 Å². The number of rotatable bonds is 7. The molecule has 3 aromatic rings. The van der Waals surface area contributed by atoms with E-state index in [2.05, 4.69) is 14.6 Å². The average Bonchev–Trinajstić information content (AvgIpc) is 3.23. The van der Waals surface area contributed by atoms with Crippen molar-refractivity contribution in [3.05, 3.63) is 76.6 Å². The fourth-order valence-electron chi connectivity index (χ4n) is 3.66. The molecule has 156 valence electrons. The number of halogens is 1. The first-order chi connectivity index (χ1) is 14.7. The SMILES string of the molecule is O=C(Cc1ccccc1)NCC1CCN(c2nc(Cc3ccc(Cl)cc3)ns2)CC1. The minimum atomic E-state index is 0.0968. The lowest BCUT2D eigenvalue weighted by atomic mass is 9.97. The monoisotopic (exact) mass is 440 g/mol. The second-order valence-corrected chi connectivity index (χ2v) is 8.86. The van der Waals surface area contributed by atoms with Crippen molar-refractivity contribution in [2.45, 2.75) is 25.7 Å². The number of carbonyl (C=O) groups is 1. The van der Waals surface area contributed by atoms with Crippen molar-refractivity contribution < 1.29 is 4.79 Å². The van der Waals surface area contributed by atoms with E-state index in [9.17, 15) is 4.79 Å². The van der Waals surface area contributed by atoms with Crippen LogP contribution in [0.2, 0.25) is 5.02 Å². The summed E-state index contributed by atoms with van der Waals surface area (Å²) in [6.07, 6.45) is 3.27. The van der Waals surface area contributed by atoms with E-state index in [-0.39, 0.29) is 5.91 Å². The fourth-order valence-corrected chi connectivity index (χ4v) is 4.52. The molecule has 0 bridgehead atoms. The highest BCUT2D eigenvalue weighted by Crippen LogP contribution is 2.25. The van der Waals surface area contributed by atoms with E-state index in [0.29, 0.717) is 12.3 Å². The van der Waals surface area contributed by atoms with Gasteiger partial charge >= 0.3 is 0 Å². The van der Waals surface area contributed by atoms with Crippen LogP contribution >= 0.6 is 23.1 Å². The van der Waals surface area contributed by atoms with E-state index in [4.69, 9.17) is 16.6 Å². The first-order valence-electron chi connectivity index (χ1n) is 10.3. The molecular formula is C23H25ClN4OS. The number of carbonyl (C=O) groups excluding carboxylic acids is 1. The number of benzene rings is 2. The molecule has 30 heavy (non-hydrogen) atoms. The summed E-state index contributed by atoms with van der Waals surface area (Å²) >= 11 is 7.42. The molecule has 0 saturated carbocycles. The molecule has 1 fully saturated rings. The van der Waals surface area contributed by atoms with Gasteiger partial charge < -0.3 is 10.2 Å². The molecule has 7 heteroatoms. The lowest BCUT2D eigenvalue weighted by Crippen LogP contribution is -2.39. The molecule has 0 atom stereocenters. The van der Waals surface area contributed by atoms with Crippen LogP contribution in [0.5, 0.6) is 0 Å². The number of anilines is 1. The van der Waals surface area contributed by atoms with Crippen molar-refractivity contribution in [3.8, 4) is 0 Å². The van der Waals surface area contributed by atoms with E-state index in [1.54, 1.807) is 0 Å². The van der Waals surface area contributed by atoms with Crippen molar-refractivity contribution in [3.63, 3.8) is 0 Å². The number of hydrogen-bond acceptors (Lipinski definition) is 5. The molecule has 1 N–H and O–H groups in total. The van der Waals surface area contributed by atoms with Gasteiger partial charge in [-0.05, 0) is 42.0 Å². The van der Waals surface area contributed by atoms with Gasteiger partial charge in [0.25, 0.3) is 0 Å². The Labute approximate surface area is 186 Å². The molecule has 1 aliphatic heterocycles. The van der Waals surface area contributed by atoms with Crippen molar-refractivity contribution in [1.82, 2.24) is 14.7 Å². The zero-order valence-electron chi connectivity index (χ0n) is 16.8. The summed E-state index contributed by atoms with van der Waals surface area (Å²) in [5.41, 5.74) is 2.21. The largest absolute Gasteiger partial charge is 0.356 e. The Kier molecular flexibility index (Phi) is 6.97. The summed E-state index contributed by atoms with van der Waals surface area (Å²) in [6.45, 7) is 2.65. The van der Waals surface area contributed by atoms with Crippen LogP contribution in [0.1, 0.15) is 29.8 Å². The minimum absolute atomic E-state index is 0.0968. The number of amides is 1. The quantitative estimate of drug-likeness (QED) is 0.593. The Balaban J connectivity index is 1.21. The van der Waals surface area contributed by atoms with E-state index in [0.717, 1.165) is 66.0 Å². The molecule has 0 radical (unpaired) electrons. The van der Waals surface area contributed by atoms with Gasteiger partial charge in [-0.15, -0.1) is 0 Å². The van der Waals surface area contributed by atoms with Crippen LogP contribution in [0, 0.1) is 5.92 Å². The van der Waals surface area contributed by atoms with Gasteiger partial charge in [-0.1, -0.05) is 54.1 Å². The van der Waals surface area contributed by atoms with Gasteiger partial charge in [0.2, 0.25) is 11.0 Å². The third-order valence-corrected chi connectivity index (χ3v) is 6.48. The van der Waals surface area contributed by atoms with Crippen LogP contribution in [0.4, 0.5) is 5.13 Å². The van der Waals surface area contributed by atoms with E-state index in [1.165, 1.54) is 11.5 Å². The topological polar surface area (TPSA) is 58.1 Å². The molecule has 1 amide bonds.